The van der Waals surface area contributed by atoms with Crippen molar-refractivity contribution < 1.29 is 14.4 Å². The Hall–Kier alpha value is -3.48. The number of imide groups is 1. The van der Waals surface area contributed by atoms with Gasteiger partial charge in [-0.05, 0) is 44.5 Å². The molecule has 0 saturated carbocycles. The number of benzene rings is 2. The minimum Gasteiger partial charge on any atom is -0.354 e. The van der Waals surface area contributed by atoms with Gasteiger partial charge in [0, 0.05) is 26.1 Å². The van der Waals surface area contributed by atoms with Crippen molar-refractivity contribution in [3.05, 3.63) is 65.0 Å². The summed E-state index contributed by atoms with van der Waals surface area (Å²) in [7, 11) is 0. The highest BCUT2D eigenvalue weighted by atomic mass is 16.2. The number of aromatic nitrogens is 2. The van der Waals surface area contributed by atoms with E-state index < -0.39 is 0 Å². The Kier molecular flexibility index (Phi) is 5.35. The molecule has 7 heteroatoms. The molecule has 3 amide bonds. The summed E-state index contributed by atoms with van der Waals surface area (Å²) in [5, 5.41) is 2.91. The van der Waals surface area contributed by atoms with E-state index >= 15 is 0 Å². The van der Waals surface area contributed by atoms with Crippen molar-refractivity contribution >= 4 is 28.8 Å². The fraction of sp³-hybridized carbons (Fsp3) is 0.304. The first-order valence-corrected chi connectivity index (χ1v) is 10.1. The topological polar surface area (TPSA) is 84.3 Å². The third-order valence-corrected chi connectivity index (χ3v) is 5.41. The van der Waals surface area contributed by atoms with Crippen molar-refractivity contribution in [1.29, 1.82) is 0 Å². The van der Waals surface area contributed by atoms with Crippen LogP contribution < -0.4 is 5.32 Å². The summed E-state index contributed by atoms with van der Waals surface area (Å²) in [6, 6.07) is 13.2. The Morgan fingerprint density at radius 2 is 1.77 bits per heavy atom. The minimum atomic E-state index is -0.280. The van der Waals surface area contributed by atoms with E-state index in [1.165, 1.54) is 4.90 Å². The molecule has 2 aromatic carbocycles. The van der Waals surface area contributed by atoms with Crippen LogP contribution in [-0.4, -0.2) is 45.3 Å². The van der Waals surface area contributed by atoms with Crippen LogP contribution >= 0.6 is 0 Å². The largest absolute Gasteiger partial charge is 0.354 e. The average molecular weight is 404 g/mol. The fourth-order valence-electron chi connectivity index (χ4n) is 3.88. The summed E-state index contributed by atoms with van der Waals surface area (Å²) in [6.07, 6.45) is 0.694. The maximum atomic E-state index is 12.5. The number of amides is 3. The third-order valence-electron chi connectivity index (χ3n) is 5.41. The number of rotatable bonds is 7. The first kappa shape index (κ1) is 19.8. The number of fused-ring (bicyclic) bond motifs is 2. The Morgan fingerprint density at radius 3 is 2.60 bits per heavy atom. The quantitative estimate of drug-likeness (QED) is 0.614. The molecule has 1 aromatic heterocycles. The summed E-state index contributed by atoms with van der Waals surface area (Å²) in [5.41, 5.74) is 3.82. The molecule has 0 aliphatic carbocycles. The van der Waals surface area contributed by atoms with E-state index in [2.05, 4.69) is 14.9 Å². The molecule has 0 unspecified atom stereocenters. The number of nitrogens with one attached hydrogen (secondary N) is 1. The van der Waals surface area contributed by atoms with Gasteiger partial charge in [0.25, 0.3) is 11.8 Å². The number of carbonyl (C=O) groups excluding carboxylic acids is 3. The first-order valence-electron chi connectivity index (χ1n) is 10.1. The number of carbonyl (C=O) groups is 3. The van der Waals surface area contributed by atoms with Crippen molar-refractivity contribution in [2.45, 2.75) is 33.2 Å². The Balaban J connectivity index is 1.25. The summed E-state index contributed by atoms with van der Waals surface area (Å²) < 4.78 is 2.08. The van der Waals surface area contributed by atoms with Crippen LogP contribution in [-0.2, 0) is 11.3 Å². The molecule has 3 aromatic rings. The van der Waals surface area contributed by atoms with E-state index in [0.717, 1.165) is 22.4 Å². The molecular formula is C23H24N4O3. The van der Waals surface area contributed by atoms with Crippen LogP contribution in [0.15, 0.2) is 42.5 Å². The Bertz CT molecular complexity index is 1150. The predicted molar refractivity (Wildman–Crippen MR) is 113 cm³/mol. The fourth-order valence-corrected chi connectivity index (χ4v) is 3.88. The van der Waals surface area contributed by atoms with Crippen molar-refractivity contribution in [2.24, 2.45) is 0 Å². The predicted octanol–water partition coefficient (Wildman–Crippen LogP) is 2.85. The lowest BCUT2D eigenvalue weighted by Gasteiger charge is -2.13. The number of hydrogen-bond acceptors (Lipinski definition) is 4. The normalized spacial score (nSPS) is 13.2. The zero-order valence-electron chi connectivity index (χ0n) is 17.1. The van der Waals surface area contributed by atoms with Crippen molar-refractivity contribution in [3.63, 3.8) is 0 Å². The lowest BCUT2D eigenvalue weighted by atomic mass is 10.1. The lowest BCUT2D eigenvalue weighted by molar-refractivity contribution is -0.121. The highest BCUT2D eigenvalue weighted by molar-refractivity contribution is 6.21. The second kappa shape index (κ2) is 8.10. The van der Waals surface area contributed by atoms with Crippen molar-refractivity contribution in [3.8, 4) is 0 Å². The standard InChI is InChI=1S/C23H24N4O3/c1-15-9-10-17-18(14-15)23(30)27(22(17)29)12-5-8-21(28)24-11-13-26-16(2)25-19-6-3-4-7-20(19)26/h3-4,6-7,9-10,14H,5,8,11-13H2,1-2H3,(H,24,28). The molecule has 0 atom stereocenters. The van der Waals surface area contributed by atoms with Gasteiger partial charge in [-0.3, -0.25) is 19.3 Å². The van der Waals surface area contributed by atoms with E-state index in [0.29, 0.717) is 30.6 Å². The number of para-hydroxylation sites is 2. The minimum absolute atomic E-state index is 0.0930. The number of hydrogen-bond donors (Lipinski definition) is 1. The van der Waals surface area contributed by atoms with Gasteiger partial charge in [-0.1, -0.05) is 23.8 Å². The SMILES string of the molecule is Cc1ccc2c(c1)C(=O)N(CCCC(=O)NCCn1c(C)nc3ccccc31)C2=O. The molecule has 0 saturated heterocycles. The van der Waals surface area contributed by atoms with Crippen LogP contribution in [0.4, 0.5) is 0 Å². The third kappa shape index (κ3) is 3.70. The van der Waals surface area contributed by atoms with Crippen LogP contribution in [0, 0.1) is 13.8 Å². The molecule has 1 aliphatic rings. The number of aryl methyl sites for hydroxylation is 2. The van der Waals surface area contributed by atoms with Crippen LogP contribution in [0.1, 0.15) is 44.9 Å². The van der Waals surface area contributed by atoms with Gasteiger partial charge in [0.1, 0.15) is 5.82 Å². The zero-order valence-corrected chi connectivity index (χ0v) is 17.1. The summed E-state index contributed by atoms with van der Waals surface area (Å²) >= 11 is 0. The maximum absolute atomic E-state index is 12.5. The summed E-state index contributed by atoms with van der Waals surface area (Å²) in [4.78, 5) is 42.9. The lowest BCUT2D eigenvalue weighted by Crippen LogP contribution is -2.32. The van der Waals surface area contributed by atoms with Crippen LogP contribution in [0.25, 0.3) is 11.0 Å². The molecule has 4 rings (SSSR count). The molecule has 30 heavy (non-hydrogen) atoms. The van der Waals surface area contributed by atoms with E-state index in [-0.39, 0.29) is 30.7 Å². The highest BCUT2D eigenvalue weighted by Crippen LogP contribution is 2.24. The van der Waals surface area contributed by atoms with Crippen LogP contribution in [0.5, 0.6) is 0 Å². The molecule has 0 fully saturated rings. The van der Waals surface area contributed by atoms with Gasteiger partial charge in [-0.25, -0.2) is 4.98 Å². The molecule has 1 aliphatic heterocycles. The van der Waals surface area contributed by atoms with E-state index in [1.54, 1.807) is 12.1 Å². The van der Waals surface area contributed by atoms with Gasteiger partial charge in [0.2, 0.25) is 5.91 Å². The molecule has 0 radical (unpaired) electrons. The maximum Gasteiger partial charge on any atom is 0.261 e. The van der Waals surface area contributed by atoms with Crippen molar-refractivity contribution in [2.75, 3.05) is 13.1 Å². The molecule has 1 N–H and O–H groups in total. The van der Waals surface area contributed by atoms with Gasteiger partial charge >= 0.3 is 0 Å². The second-order valence-corrected chi connectivity index (χ2v) is 7.56. The van der Waals surface area contributed by atoms with E-state index in [4.69, 9.17) is 0 Å². The summed E-state index contributed by atoms with van der Waals surface area (Å²) in [5.74, 6) is 0.260. The van der Waals surface area contributed by atoms with Gasteiger partial charge in [-0.2, -0.15) is 0 Å². The van der Waals surface area contributed by atoms with Crippen LogP contribution in [0.3, 0.4) is 0 Å². The Labute approximate surface area is 174 Å². The molecule has 2 heterocycles. The van der Waals surface area contributed by atoms with Crippen molar-refractivity contribution in [1.82, 2.24) is 19.8 Å². The van der Waals surface area contributed by atoms with Gasteiger partial charge < -0.3 is 9.88 Å². The number of imidazole rings is 1. The number of nitrogens with zero attached hydrogens (tertiary/aromatic N) is 3. The van der Waals surface area contributed by atoms with Crippen LogP contribution in [0.2, 0.25) is 0 Å². The Morgan fingerprint density at radius 1 is 1.00 bits per heavy atom. The average Bonchev–Trinajstić information content (AvgIpc) is 3.16. The van der Waals surface area contributed by atoms with E-state index in [9.17, 15) is 14.4 Å². The van der Waals surface area contributed by atoms with Gasteiger partial charge in [0.15, 0.2) is 0 Å². The molecular weight excluding hydrogens is 380 g/mol. The highest BCUT2D eigenvalue weighted by Gasteiger charge is 2.34. The molecule has 0 bridgehead atoms. The smallest absolute Gasteiger partial charge is 0.261 e. The first-order chi connectivity index (χ1) is 14.5. The molecule has 154 valence electrons. The van der Waals surface area contributed by atoms with Gasteiger partial charge in [-0.15, -0.1) is 0 Å². The zero-order chi connectivity index (χ0) is 21.3. The second-order valence-electron chi connectivity index (χ2n) is 7.56. The van der Waals surface area contributed by atoms with E-state index in [1.807, 2.05) is 44.2 Å². The summed E-state index contributed by atoms with van der Waals surface area (Å²) in [6.45, 7) is 5.21. The van der Waals surface area contributed by atoms with Gasteiger partial charge in [0.05, 0.1) is 22.2 Å². The molecule has 7 nitrogen and oxygen atoms in total. The monoisotopic (exact) mass is 404 g/mol. The molecule has 0 spiro atoms.